The molecule has 1 heterocycles. The fourth-order valence-corrected chi connectivity index (χ4v) is 3.58. The predicted octanol–water partition coefficient (Wildman–Crippen LogP) is 3.78. The van der Waals surface area contributed by atoms with Gasteiger partial charge in [0.2, 0.25) is 0 Å². The van der Waals surface area contributed by atoms with Crippen LogP contribution in [0.15, 0.2) is 18.2 Å². The number of hydrogen-bond donors (Lipinski definition) is 1. The number of thioether (sulfide) groups is 1. The summed E-state index contributed by atoms with van der Waals surface area (Å²) in [6.07, 6.45) is 1.15. The van der Waals surface area contributed by atoms with E-state index in [-0.39, 0.29) is 0 Å². The highest BCUT2D eigenvalue weighted by atomic mass is 35.5. The molecule has 0 radical (unpaired) electrons. The standard InChI is InChI=1S/C15H23ClN2S/c1-3-6-17-10-13-4-5-14(9-15(13)16)18-7-8-19-12(2)11-18/h4-5,9,12,17H,3,6-8,10-11H2,1-2H3. The van der Waals surface area contributed by atoms with Crippen molar-refractivity contribution in [1.29, 1.82) is 0 Å². The van der Waals surface area contributed by atoms with Gasteiger partial charge < -0.3 is 10.2 Å². The summed E-state index contributed by atoms with van der Waals surface area (Å²) in [4.78, 5) is 2.44. The normalized spacial score (nSPS) is 19.7. The van der Waals surface area contributed by atoms with Gasteiger partial charge in [0.25, 0.3) is 0 Å². The molecule has 106 valence electrons. The van der Waals surface area contributed by atoms with Crippen molar-refractivity contribution in [2.45, 2.75) is 32.1 Å². The average Bonchev–Trinajstić information content (AvgIpc) is 2.41. The first-order valence-electron chi connectivity index (χ1n) is 7.06. The van der Waals surface area contributed by atoms with E-state index < -0.39 is 0 Å². The Hall–Kier alpha value is -0.380. The highest BCUT2D eigenvalue weighted by Crippen LogP contribution is 2.27. The molecule has 1 saturated heterocycles. The van der Waals surface area contributed by atoms with E-state index >= 15 is 0 Å². The highest BCUT2D eigenvalue weighted by molar-refractivity contribution is 8.00. The minimum absolute atomic E-state index is 0.707. The molecular weight excluding hydrogens is 276 g/mol. The molecule has 4 heteroatoms. The van der Waals surface area contributed by atoms with Gasteiger partial charge >= 0.3 is 0 Å². The van der Waals surface area contributed by atoms with Gasteiger partial charge in [-0.1, -0.05) is 31.5 Å². The number of rotatable bonds is 5. The van der Waals surface area contributed by atoms with Crippen molar-refractivity contribution in [3.8, 4) is 0 Å². The summed E-state index contributed by atoms with van der Waals surface area (Å²) in [7, 11) is 0. The van der Waals surface area contributed by atoms with Crippen LogP contribution in [0.1, 0.15) is 25.8 Å². The summed E-state index contributed by atoms with van der Waals surface area (Å²) in [6, 6.07) is 6.48. The lowest BCUT2D eigenvalue weighted by Crippen LogP contribution is -2.36. The van der Waals surface area contributed by atoms with Gasteiger partial charge in [0.05, 0.1) is 0 Å². The molecule has 1 atom stereocenters. The van der Waals surface area contributed by atoms with Gasteiger partial charge in [-0.05, 0) is 30.7 Å². The summed E-state index contributed by atoms with van der Waals surface area (Å²) in [5.41, 5.74) is 2.45. The maximum atomic E-state index is 6.39. The quantitative estimate of drug-likeness (QED) is 0.833. The van der Waals surface area contributed by atoms with Gasteiger partial charge in [-0.3, -0.25) is 0 Å². The maximum absolute atomic E-state index is 6.39. The predicted molar refractivity (Wildman–Crippen MR) is 87.6 cm³/mol. The maximum Gasteiger partial charge on any atom is 0.0471 e. The van der Waals surface area contributed by atoms with Gasteiger partial charge in [-0.15, -0.1) is 0 Å². The average molecular weight is 299 g/mol. The molecule has 0 spiro atoms. The van der Waals surface area contributed by atoms with Crippen LogP contribution >= 0.6 is 23.4 Å². The monoisotopic (exact) mass is 298 g/mol. The topological polar surface area (TPSA) is 15.3 Å². The van der Waals surface area contributed by atoms with Crippen LogP contribution in [0.3, 0.4) is 0 Å². The van der Waals surface area contributed by atoms with Gasteiger partial charge in [-0.2, -0.15) is 11.8 Å². The lowest BCUT2D eigenvalue weighted by atomic mass is 10.2. The van der Waals surface area contributed by atoms with Crippen molar-refractivity contribution in [2.75, 3.05) is 30.3 Å². The first kappa shape index (κ1) is 15.0. The largest absolute Gasteiger partial charge is 0.370 e. The lowest BCUT2D eigenvalue weighted by Gasteiger charge is -2.32. The van der Waals surface area contributed by atoms with E-state index in [0.29, 0.717) is 5.25 Å². The molecule has 0 bridgehead atoms. The van der Waals surface area contributed by atoms with Crippen molar-refractivity contribution in [2.24, 2.45) is 0 Å². The highest BCUT2D eigenvalue weighted by Gasteiger charge is 2.17. The Balaban J connectivity index is 2.01. The van der Waals surface area contributed by atoms with E-state index in [0.717, 1.165) is 37.6 Å². The number of hydrogen-bond acceptors (Lipinski definition) is 3. The fourth-order valence-electron chi connectivity index (χ4n) is 2.33. The Labute approximate surface area is 125 Å². The lowest BCUT2D eigenvalue weighted by molar-refractivity contribution is 0.675. The van der Waals surface area contributed by atoms with E-state index in [9.17, 15) is 0 Å². The molecule has 0 aromatic heterocycles. The molecule has 0 amide bonds. The van der Waals surface area contributed by atoms with Crippen molar-refractivity contribution in [3.63, 3.8) is 0 Å². The van der Waals surface area contributed by atoms with Crippen molar-refractivity contribution in [1.82, 2.24) is 5.32 Å². The molecule has 1 aromatic carbocycles. The SMILES string of the molecule is CCCNCc1ccc(N2CCSC(C)C2)cc1Cl. The van der Waals surface area contributed by atoms with Crippen molar-refractivity contribution in [3.05, 3.63) is 28.8 Å². The third kappa shape index (κ3) is 4.30. The molecule has 1 aliphatic rings. The van der Waals surface area contributed by atoms with Crippen molar-refractivity contribution >= 4 is 29.1 Å². The third-order valence-electron chi connectivity index (χ3n) is 3.39. The first-order chi connectivity index (χ1) is 9.20. The first-order valence-corrected chi connectivity index (χ1v) is 8.49. The summed E-state index contributed by atoms with van der Waals surface area (Å²) < 4.78 is 0. The second-order valence-electron chi connectivity index (χ2n) is 5.08. The molecule has 0 aliphatic carbocycles. The van der Waals surface area contributed by atoms with E-state index in [4.69, 9.17) is 11.6 Å². The van der Waals surface area contributed by atoms with E-state index in [1.54, 1.807) is 0 Å². The number of anilines is 1. The van der Waals surface area contributed by atoms with E-state index in [1.165, 1.54) is 17.0 Å². The van der Waals surface area contributed by atoms with Crippen LogP contribution in [0.4, 0.5) is 5.69 Å². The zero-order valence-corrected chi connectivity index (χ0v) is 13.4. The molecule has 1 aliphatic heterocycles. The van der Waals surface area contributed by atoms with Crippen LogP contribution in [-0.2, 0) is 6.54 Å². The van der Waals surface area contributed by atoms with Gasteiger partial charge in [0.1, 0.15) is 0 Å². The summed E-state index contributed by atoms with van der Waals surface area (Å²) in [6.45, 7) is 8.61. The number of benzene rings is 1. The van der Waals surface area contributed by atoms with E-state index in [2.05, 4.69) is 54.0 Å². The Bertz CT molecular complexity index is 411. The number of halogens is 1. The summed E-state index contributed by atoms with van der Waals surface area (Å²) in [5, 5.41) is 4.99. The third-order valence-corrected chi connectivity index (χ3v) is 4.87. The van der Waals surface area contributed by atoms with Gasteiger partial charge in [-0.25, -0.2) is 0 Å². The zero-order valence-electron chi connectivity index (χ0n) is 11.8. The second kappa shape index (κ2) is 7.41. The fraction of sp³-hybridized carbons (Fsp3) is 0.600. The molecule has 2 nitrogen and oxygen atoms in total. The molecule has 2 rings (SSSR count). The van der Waals surface area contributed by atoms with Gasteiger partial charge in [0.15, 0.2) is 0 Å². The summed E-state index contributed by atoms with van der Waals surface area (Å²) >= 11 is 8.44. The number of nitrogens with zero attached hydrogens (tertiary/aromatic N) is 1. The Morgan fingerprint density at radius 1 is 1.47 bits per heavy atom. The van der Waals surface area contributed by atoms with Crippen LogP contribution in [-0.4, -0.2) is 30.6 Å². The minimum Gasteiger partial charge on any atom is -0.370 e. The smallest absolute Gasteiger partial charge is 0.0471 e. The van der Waals surface area contributed by atoms with Gasteiger partial charge in [0, 0.05) is 41.3 Å². The number of nitrogens with one attached hydrogen (secondary N) is 1. The van der Waals surface area contributed by atoms with Crippen LogP contribution in [0.25, 0.3) is 0 Å². The van der Waals surface area contributed by atoms with Crippen LogP contribution in [0.5, 0.6) is 0 Å². The molecule has 19 heavy (non-hydrogen) atoms. The zero-order chi connectivity index (χ0) is 13.7. The molecule has 1 aromatic rings. The van der Waals surface area contributed by atoms with Crippen LogP contribution in [0.2, 0.25) is 5.02 Å². The molecular formula is C15H23ClN2S. The van der Waals surface area contributed by atoms with E-state index in [1.807, 2.05) is 0 Å². The van der Waals surface area contributed by atoms with Crippen molar-refractivity contribution < 1.29 is 0 Å². The Kier molecular flexibility index (Phi) is 5.86. The molecule has 1 unspecified atom stereocenters. The molecule has 0 saturated carbocycles. The Morgan fingerprint density at radius 2 is 2.32 bits per heavy atom. The second-order valence-corrected chi connectivity index (χ2v) is 7.03. The molecule has 1 fully saturated rings. The Morgan fingerprint density at radius 3 is 3.00 bits per heavy atom. The molecule has 1 N–H and O–H groups in total. The van der Waals surface area contributed by atoms with Crippen LogP contribution in [0, 0.1) is 0 Å². The summed E-state index contributed by atoms with van der Waals surface area (Å²) in [5.74, 6) is 1.21. The minimum atomic E-state index is 0.707. The van der Waals surface area contributed by atoms with Crippen LogP contribution < -0.4 is 10.2 Å².